The number of piperidine rings is 1. The number of amides is 1. The molecule has 4 nitrogen and oxygen atoms in total. The van der Waals surface area contributed by atoms with Crippen molar-refractivity contribution in [3.05, 3.63) is 71.8 Å². The summed E-state index contributed by atoms with van der Waals surface area (Å²) in [4.78, 5) is 14.1. The average molecular weight is 372 g/mol. The lowest BCUT2D eigenvalue weighted by Gasteiger charge is -2.32. The molecule has 0 N–H and O–H groups in total. The van der Waals surface area contributed by atoms with E-state index in [-0.39, 0.29) is 11.7 Å². The fourth-order valence-corrected chi connectivity index (χ4v) is 4.85. The predicted molar refractivity (Wildman–Crippen MR) is 103 cm³/mol. The van der Waals surface area contributed by atoms with Crippen LogP contribution < -0.4 is 0 Å². The highest BCUT2D eigenvalue weighted by Gasteiger charge is 2.26. The summed E-state index contributed by atoms with van der Waals surface area (Å²) in [6.07, 6.45) is 2.88. The zero-order valence-electron chi connectivity index (χ0n) is 14.9. The molecule has 0 spiro atoms. The van der Waals surface area contributed by atoms with Crippen LogP contribution >= 0.6 is 0 Å². The van der Waals surface area contributed by atoms with Gasteiger partial charge in [0.05, 0.1) is 5.75 Å². The molecule has 1 saturated heterocycles. The van der Waals surface area contributed by atoms with Gasteiger partial charge >= 0.3 is 0 Å². The summed E-state index contributed by atoms with van der Waals surface area (Å²) in [6.45, 7) is 1.30. The summed E-state index contributed by atoms with van der Waals surface area (Å²) >= 11 is 0. The molecule has 1 heterocycles. The van der Waals surface area contributed by atoms with E-state index in [0.29, 0.717) is 19.0 Å². The topological polar surface area (TPSA) is 54.5 Å². The molecule has 1 fully saturated rings. The smallest absolute Gasteiger partial charge is 0.237 e. The number of carbonyl (C=O) groups is 1. The van der Waals surface area contributed by atoms with Crippen LogP contribution in [0.1, 0.15) is 24.0 Å². The summed E-state index contributed by atoms with van der Waals surface area (Å²) in [5.74, 6) is -0.184. The van der Waals surface area contributed by atoms with Crippen molar-refractivity contribution in [2.24, 2.45) is 5.92 Å². The first-order valence-corrected chi connectivity index (χ1v) is 10.9. The number of hydrogen-bond donors (Lipinski definition) is 0. The van der Waals surface area contributed by atoms with E-state index in [2.05, 4.69) is 12.1 Å². The predicted octanol–water partition coefficient (Wildman–Crippen LogP) is 3.08. The number of rotatable bonds is 6. The Bertz CT molecular complexity index is 811. The van der Waals surface area contributed by atoms with Crippen LogP contribution in [0, 0.1) is 5.92 Å². The zero-order valence-corrected chi connectivity index (χ0v) is 15.7. The minimum absolute atomic E-state index is 0.0793. The number of hydrogen-bond acceptors (Lipinski definition) is 3. The molecule has 1 amide bonds. The molecule has 0 radical (unpaired) electrons. The van der Waals surface area contributed by atoms with Gasteiger partial charge in [-0.2, -0.15) is 0 Å². The minimum atomic E-state index is -3.44. The fourth-order valence-electron chi connectivity index (χ4n) is 3.49. The Hall–Kier alpha value is -2.14. The van der Waals surface area contributed by atoms with Gasteiger partial charge < -0.3 is 4.90 Å². The molecule has 5 heteroatoms. The SMILES string of the molecule is O=C(CS(=O)(=O)Cc1ccccc1)N1CCC(Cc2ccccc2)CC1. The largest absolute Gasteiger partial charge is 0.342 e. The van der Waals surface area contributed by atoms with Gasteiger partial charge in [-0.3, -0.25) is 4.79 Å². The molecule has 0 aliphatic carbocycles. The Balaban J connectivity index is 1.49. The molecule has 0 saturated carbocycles. The minimum Gasteiger partial charge on any atom is -0.342 e. The summed E-state index contributed by atoms with van der Waals surface area (Å²) < 4.78 is 24.6. The number of likely N-dealkylation sites (tertiary alicyclic amines) is 1. The van der Waals surface area contributed by atoms with Crippen LogP contribution in [0.3, 0.4) is 0 Å². The average Bonchev–Trinajstić information content (AvgIpc) is 2.63. The highest BCUT2D eigenvalue weighted by molar-refractivity contribution is 7.91. The second-order valence-electron chi connectivity index (χ2n) is 7.03. The lowest BCUT2D eigenvalue weighted by molar-refractivity contribution is -0.129. The van der Waals surface area contributed by atoms with Gasteiger partial charge in [0, 0.05) is 13.1 Å². The third-order valence-corrected chi connectivity index (χ3v) is 6.37. The monoisotopic (exact) mass is 371 g/mol. The van der Waals surface area contributed by atoms with E-state index in [1.165, 1.54) is 5.56 Å². The molecule has 3 rings (SSSR count). The Morgan fingerprint density at radius 2 is 1.42 bits per heavy atom. The molecule has 1 aliphatic heterocycles. The van der Waals surface area contributed by atoms with E-state index in [0.717, 1.165) is 24.8 Å². The molecule has 0 unspecified atom stereocenters. The van der Waals surface area contributed by atoms with Crippen LogP contribution in [0.2, 0.25) is 0 Å². The molecule has 2 aromatic rings. The van der Waals surface area contributed by atoms with Crippen LogP contribution in [0.5, 0.6) is 0 Å². The molecule has 1 aliphatic rings. The molecular formula is C21H25NO3S. The van der Waals surface area contributed by atoms with E-state index in [1.54, 1.807) is 17.0 Å². The third-order valence-electron chi connectivity index (χ3n) is 4.91. The van der Waals surface area contributed by atoms with Gasteiger partial charge in [0.15, 0.2) is 9.84 Å². The Labute approximate surface area is 155 Å². The van der Waals surface area contributed by atoms with Gasteiger partial charge in [-0.25, -0.2) is 8.42 Å². The highest BCUT2D eigenvalue weighted by atomic mass is 32.2. The molecule has 0 atom stereocenters. The molecule has 0 aromatic heterocycles. The van der Waals surface area contributed by atoms with E-state index >= 15 is 0 Å². The van der Waals surface area contributed by atoms with Crippen LogP contribution in [0.25, 0.3) is 0 Å². The lowest BCUT2D eigenvalue weighted by Crippen LogP contribution is -2.41. The van der Waals surface area contributed by atoms with Crippen LogP contribution in [-0.2, 0) is 26.8 Å². The second-order valence-corrected chi connectivity index (χ2v) is 9.10. The third kappa shape index (κ3) is 5.43. The van der Waals surface area contributed by atoms with E-state index < -0.39 is 15.6 Å². The molecule has 26 heavy (non-hydrogen) atoms. The van der Waals surface area contributed by atoms with Crippen molar-refractivity contribution < 1.29 is 13.2 Å². The first-order chi connectivity index (χ1) is 12.5. The fraction of sp³-hybridized carbons (Fsp3) is 0.381. The van der Waals surface area contributed by atoms with Gasteiger partial charge in [-0.15, -0.1) is 0 Å². The lowest BCUT2D eigenvalue weighted by atomic mass is 9.90. The van der Waals surface area contributed by atoms with Gasteiger partial charge in [0.2, 0.25) is 5.91 Å². The normalized spacial score (nSPS) is 15.8. The van der Waals surface area contributed by atoms with E-state index in [1.807, 2.05) is 36.4 Å². The standard InChI is InChI=1S/C21H25NO3S/c23-21(17-26(24,25)16-20-9-5-2-6-10-20)22-13-11-19(12-14-22)15-18-7-3-1-4-8-18/h1-10,19H,11-17H2. The number of benzene rings is 2. The molecule has 138 valence electrons. The van der Waals surface area contributed by atoms with Gasteiger partial charge in [-0.05, 0) is 36.3 Å². The van der Waals surface area contributed by atoms with Crippen molar-refractivity contribution >= 4 is 15.7 Å². The molecule has 0 bridgehead atoms. The Morgan fingerprint density at radius 1 is 0.885 bits per heavy atom. The van der Waals surface area contributed by atoms with Crippen molar-refractivity contribution in [2.45, 2.75) is 25.0 Å². The summed E-state index contributed by atoms with van der Waals surface area (Å²) in [6, 6.07) is 19.4. The Morgan fingerprint density at radius 3 is 2.00 bits per heavy atom. The first-order valence-electron chi connectivity index (χ1n) is 9.08. The van der Waals surface area contributed by atoms with E-state index in [9.17, 15) is 13.2 Å². The van der Waals surface area contributed by atoms with Gasteiger partial charge in [-0.1, -0.05) is 60.7 Å². The number of carbonyl (C=O) groups excluding carboxylic acids is 1. The van der Waals surface area contributed by atoms with Crippen molar-refractivity contribution in [3.8, 4) is 0 Å². The Kier molecular flexibility index (Phi) is 6.09. The van der Waals surface area contributed by atoms with Crippen molar-refractivity contribution in [1.82, 2.24) is 4.90 Å². The second kappa shape index (κ2) is 8.49. The zero-order chi connectivity index (χ0) is 18.4. The van der Waals surface area contributed by atoms with Crippen LogP contribution in [-0.4, -0.2) is 38.1 Å². The van der Waals surface area contributed by atoms with E-state index in [4.69, 9.17) is 0 Å². The maximum atomic E-state index is 12.4. The summed E-state index contributed by atoms with van der Waals surface area (Å²) in [7, 11) is -3.44. The molecule has 2 aromatic carbocycles. The van der Waals surface area contributed by atoms with Gasteiger partial charge in [0.25, 0.3) is 0 Å². The van der Waals surface area contributed by atoms with Gasteiger partial charge in [0.1, 0.15) is 5.75 Å². The highest BCUT2D eigenvalue weighted by Crippen LogP contribution is 2.22. The summed E-state index contributed by atoms with van der Waals surface area (Å²) in [5, 5.41) is 0. The maximum absolute atomic E-state index is 12.4. The quantitative estimate of drug-likeness (QED) is 0.784. The van der Waals surface area contributed by atoms with Crippen molar-refractivity contribution in [3.63, 3.8) is 0 Å². The molecular weight excluding hydrogens is 346 g/mol. The maximum Gasteiger partial charge on any atom is 0.237 e. The van der Waals surface area contributed by atoms with Crippen LogP contribution in [0.15, 0.2) is 60.7 Å². The van der Waals surface area contributed by atoms with Crippen molar-refractivity contribution in [1.29, 1.82) is 0 Å². The number of sulfone groups is 1. The first kappa shape index (κ1) is 18.6. The van der Waals surface area contributed by atoms with Crippen molar-refractivity contribution in [2.75, 3.05) is 18.8 Å². The summed E-state index contributed by atoms with van der Waals surface area (Å²) in [5.41, 5.74) is 2.05. The van der Waals surface area contributed by atoms with Crippen LogP contribution in [0.4, 0.5) is 0 Å². The number of nitrogens with zero attached hydrogens (tertiary/aromatic N) is 1.